The Morgan fingerprint density at radius 2 is 1.73 bits per heavy atom. The summed E-state index contributed by atoms with van der Waals surface area (Å²) in [6.45, 7) is 9.05. The van der Waals surface area contributed by atoms with Crippen LogP contribution in [-0.4, -0.2) is 8.32 Å². The second-order valence-electron chi connectivity index (χ2n) is 6.26. The van der Waals surface area contributed by atoms with Crippen molar-refractivity contribution >= 4 is 33.1 Å². The van der Waals surface area contributed by atoms with E-state index in [4.69, 9.17) is 4.43 Å². The van der Waals surface area contributed by atoms with Gasteiger partial charge in [0.05, 0.1) is 0 Å². The summed E-state index contributed by atoms with van der Waals surface area (Å²) in [4.78, 5) is 0. The number of benzene rings is 1. The summed E-state index contributed by atoms with van der Waals surface area (Å²) >= 11 is 2.23. The molecule has 1 atom stereocenters. The second-order valence-corrected chi connectivity index (χ2v) is 11.6. The van der Waals surface area contributed by atoms with Gasteiger partial charge in [0.25, 0.3) is 0 Å². The van der Waals surface area contributed by atoms with Crippen LogP contribution in [0.3, 0.4) is 0 Å². The minimum atomic E-state index is -1.66. The Hall–Kier alpha value is 0.171. The molecule has 5 heteroatoms. The average molecular weight is 392 g/mol. The third-order valence-electron chi connectivity index (χ3n) is 3.59. The van der Waals surface area contributed by atoms with Gasteiger partial charge in [0, 0.05) is 0 Å². The second kappa shape index (κ2) is 8.87. The molecule has 0 aliphatic heterocycles. The van der Waals surface area contributed by atoms with Crippen molar-refractivity contribution in [3.05, 3.63) is 57.5 Å². The van der Waals surface area contributed by atoms with E-state index in [1.54, 1.807) is 0 Å². The maximum atomic E-state index is 6.74. The van der Waals surface area contributed by atoms with E-state index in [-0.39, 0.29) is 30.4 Å². The molecule has 1 aliphatic carbocycles. The fourth-order valence-electron chi connectivity index (χ4n) is 2.85. The predicted molar refractivity (Wildman–Crippen MR) is 98.1 cm³/mol. The van der Waals surface area contributed by atoms with Crippen LogP contribution in [0, 0.1) is 0 Å². The number of rotatable bonds is 5. The third-order valence-corrected chi connectivity index (χ3v) is 5.29. The van der Waals surface area contributed by atoms with Gasteiger partial charge in [0.1, 0.15) is 0 Å². The van der Waals surface area contributed by atoms with Gasteiger partial charge in [0.15, 0.2) is 0 Å². The minimum absolute atomic E-state index is 0. The maximum Gasteiger partial charge on any atom is -0.147 e. The van der Waals surface area contributed by atoms with Crippen molar-refractivity contribution < 1.29 is 24.9 Å². The Kier molecular flexibility index (Phi) is 8.93. The van der Waals surface area contributed by atoms with Gasteiger partial charge in [0.2, 0.25) is 0 Å². The predicted octanol–water partition coefficient (Wildman–Crippen LogP) is 5.75. The van der Waals surface area contributed by atoms with Gasteiger partial charge in [-0.15, -0.1) is 24.8 Å². The summed E-state index contributed by atoms with van der Waals surface area (Å²) < 4.78 is 8.18. The number of hydrogen-bond acceptors (Lipinski definition) is 1. The SMILES string of the molecule is CCC(O[Si](C)(C)C)(C1=[C]([Ti])CC=C1)c1ccccc1.Cl.Cl. The zero-order valence-corrected chi connectivity index (χ0v) is 17.9. The first-order chi connectivity index (χ1) is 9.39. The molecule has 0 radical (unpaired) electrons. The maximum absolute atomic E-state index is 6.74. The van der Waals surface area contributed by atoms with Crippen LogP contribution in [0.15, 0.2) is 51.9 Å². The van der Waals surface area contributed by atoms with Crippen LogP contribution in [-0.2, 0) is 30.5 Å². The van der Waals surface area contributed by atoms with Crippen molar-refractivity contribution in [3.8, 4) is 0 Å². The van der Waals surface area contributed by atoms with E-state index in [9.17, 15) is 0 Å². The molecule has 121 valence electrons. The molecule has 1 aromatic carbocycles. The molecular formula is C17H25Cl2OSiTi. The number of hydrogen-bond donors (Lipinski definition) is 0. The molecule has 22 heavy (non-hydrogen) atoms. The van der Waals surface area contributed by atoms with Crippen molar-refractivity contribution in [1.82, 2.24) is 0 Å². The Morgan fingerprint density at radius 3 is 2.14 bits per heavy atom. The van der Waals surface area contributed by atoms with E-state index in [2.05, 4.69) is 89.5 Å². The fraction of sp³-hybridized carbons (Fsp3) is 0.412. The van der Waals surface area contributed by atoms with E-state index in [1.165, 1.54) is 15.0 Å². The molecule has 0 amide bonds. The van der Waals surface area contributed by atoms with Gasteiger partial charge < -0.3 is 0 Å². The molecular weight excluding hydrogens is 367 g/mol. The monoisotopic (exact) mass is 391 g/mol. The molecule has 0 aromatic heterocycles. The largest absolute Gasteiger partial charge is 0.147 e. The van der Waals surface area contributed by atoms with Crippen molar-refractivity contribution in [2.24, 2.45) is 0 Å². The summed E-state index contributed by atoms with van der Waals surface area (Å²) in [6, 6.07) is 10.7. The first-order valence-corrected chi connectivity index (χ1v) is 11.5. The Morgan fingerprint density at radius 1 is 1.14 bits per heavy atom. The standard InChI is InChI=1S/C17H23OSi.2ClH.Ti/c1-5-17(18-19(2,3)4,16-13-9-10-14-16)15-11-7-6-8-12-15;;;/h6-9,11-13H,5,10H2,1-4H3;2*1H;. The molecule has 1 nitrogen and oxygen atoms in total. The van der Waals surface area contributed by atoms with Crippen molar-refractivity contribution in [1.29, 1.82) is 0 Å². The Labute approximate surface area is 160 Å². The average Bonchev–Trinajstić information content (AvgIpc) is 2.83. The number of allylic oxidation sites excluding steroid dienone is 2. The van der Waals surface area contributed by atoms with Gasteiger partial charge in [-0.05, 0) is 0 Å². The van der Waals surface area contributed by atoms with Crippen molar-refractivity contribution in [3.63, 3.8) is 0 Å². The molecule has 1 aromatic rings. The quantitative estimate of drug-likeness (QED) is 0.580. The van der Waals surface area contributed by atoms with Gasteiger partial charge in [-0.1, -0.05) is 0 Å². The van der Waals surface area contributed by atoms with Crippen LogP contribution in [0.25, 0.3) is 0 Å². The van der Waals surface area contributed by atoms with Gasteiger partial charge in [-0.25, -0.2) is 0 Å². The summed E-state index contributed by atoms with van der Waals surface area (Å²) in [5, 5.41) is 0. The van der Waals surface area contributed by atoms with Crippen LogP contribution in [0.1, 0.15) is 25.3 Å². The zero-order valence-electron chi connectivity index (χ0n) is 13.7. The molecule has 0 spiro atoms. The summed E-state index contributed by atoms with van der Waals surface area (Å²) in [6.07, 6.45) is 6.55. The van der Waals surface area contributed by atoms with Gasteiger partial charge in [-0.2, -0.15) is 0 Å². The van der Waals surface area contributed by atoms with Gasteiger partial charge in [-0.3, -0.25) is 0 Å². The summed E-state index contributed by atoms with van der Waals surface area (Å²) in [5.74, 6) is 0. The summed E-state index contributed by atoms with van der Waals surface area (Å²) in [5.41, 5.74) is 2.38. The molecule has 0 saturated carbocycles. The van der Waals surface area contributed by atoms with E-state index in [0.717, 1.165) is 12.8 Å². The van der Waals surface area contributed by atoms with Gasteiger partial charge >= 0.3 is 136 Å². The molecule has 2 rings (SSSR count). The first kappa shape index (κ1) is 22.2. The van der Waals surface area contributed by atoms with Crippen molar-refractivity contribution in [2.45, 2.75) is 45.0 Å². The molecule has 1 unspecified atom stereocenters. The molecule has 0 saturated heterocycles. The Balaban J connectivity index is 0.00000220. The first-order valence-electron chi connectivity index (χ1n) is 7.26. The topological polar surface area (TPSA) is 9.23 Å². The van der Waals surface area contributed by atoms with Crippen LogP contribution in [0.4, 0.5) is 0 Å². The minimum Gasteiger partial charge on any atom is -0.147 e. The smallest absolute Gasteiger partial charge is 0.147 e. The zero-order chi connectivity index (χ0) is 14.8. The molecule has 0 heterocycles. The van der Waals surface area contributed by atoms with Crippen molar-refractivity contribution in [2.75, 3.05) is 0 Å². The third kappa shape index (κ3) is 4.83. The van der Waals surface area contributed by atoms with Crippen LogP contribution in [0.5, 0.6) is 0 Å². The molecule has 0 bridgehead atoms. The summed E-state index contributed by atoms with van der Waals surface area (Å²) in [7, 11) is -1.66. The molecule has 0 fully saturated rings. The molecule has 0 N–H and O–H groups in total. The van der Waals surface area contributed by atoms with E-state index in [0.29, 0.717) is 0 Å². The van der Waals surface area contributed by atoms with E-state index >= 15 is 0 Å². The molecule has 1 aliphatic rings. The van der Waals surface area contributed by atoms with E-state index in [1.807, 2.05) is 0 Å². The van der Waals surface area contributed by atoms with E-state index < -0.39 is 8.32 Å². The Bertz CT molecular complexity index is 537. The number of halogens is 2. The fourth-order valence-corrected chi connectivity index (χ4v) is 4.90. The normalized spacial score (nSPS) is 16.7. The van der Waals surface area contributed by atoms with Crippen LogP contribution in [0.2, 0.25) is 19.6 Å². The van der Waals surface area contributed by atoms with Crippen LogP contribution >= 0.6 is 24.8 Å². The van der Waals surface area contributed by atoms with Crippen LogP contribution < -0.4 is 0 Å².